The quantitative estimate of drug-likeness (QED) is 0.737. The summed E-state index contributed by atoms with van der Waals surface area (Å²) < 4.78 is 5.51. The number of aromatic nitrogens is 2. The van der Waals surface area contributed by atoms with Crippen molar-refractivity contribution >= 4 is 11.9 Å². The molecule has 2 N–H and O–H groups in total. The van der Waals surface area contributed by atoms with Crippen LogP contribution < -0.4 is 15.5 Å². The second kappa shape index (κ2) is 5.13. The fourth-order valence-corrected chi connectivity index (χ4v) is 1.71. The van der Waals surface area contributed by atoms with Gasteiger partial charge in [-0.3, -0.25) is 4.79 Å². The van der Waals surface area contributed by atoms with E-state index >= 15 is 0 Å². The SMILES string of the molecule is CCNCc1nnc(N2CCNC(=O)C2C)o1. The van der Waals surface area contributed by atoms with E-state index in [9.17, 15) is 4.79 Å². The van der Waals surface area contributed by atoms with Gasteiger partial charge in [-0.05, 0) is 13.5 Å². The third kappa shape index (κ3) is 2.55. The van der Waals surface area contributed by atoms with Crippen LogP contribution in [0.25, 0.3) is 0 Å². The van der Waals surface area contributed by atoms with Crippen LogP contribution in [0.1, 0.15) is 19.7 Å². The molecule has 7 heteroatoms. The van der Waals surface area contributed by atoms with Gasteiger partial charge in [0.25, 0.3) is 0 Å². The molecule has 0 aliphatic carbocycles. The molecule has 1 aliphatic heterocycles. The Kier molecular flexibility index (Phi) is 3.58. The van der Waals surface area contributed by atoms with Gasteiger partial charge in [0.1, 0.15) is 6.04 Å². The maximum atomic E-state index is 11.5. The standard InChI is InChI=1S/C10H17N5O2/c1-3-11-6-8-13-14-10(17-8)15-5-4-12-9(16)7(15)2/h7,11H,3-6H2,1-2H3,(H,12,16). The third-order valence-corrected chi connectivity index (χ3v) is 2.73. The summed E-state index contributed by atoms with van der Waals surface area (Å²) in [6.07, 6.45) is 0. The van der Waals surface area contributed by atoms with Gasteiger partial charge in [-0.15, -0.1) is 5.10 Å². The van der Waals surface area contributed by atoms with E-state index in [1.54, 1.807) is 0 Å². The highest BCUT2D eigenvalue weighted by Gasteiger charge is 2.29. The van der Waals surface area contributed by atoms with Crippen LogP contribution in [0, 0.1) is 0 Å². The van der Waals surface area contributed by atoms with Crippen molar-refractivity contribution in [3.8, 4) is 0 Å². The Balaban J connectivity index is 2.05. The molecule has 1 aromatic heterocycles. The van der Waals surface area contributed by atoms with Gasteiger partial charge in [0.2, 0.25) is 11.8 Å². The Bertz CT molecular complexity index is 392. The van der Waals surface area contributed by atoms with Crippen LogP contribution in [0.4, 0.5) is 6.01 Å². The normalized spacial score (nSPS) is 20.5. The molecule has 2 rings (SSSR count). The largest absolute Gasteiger partial charge is 0.407 e. The molecule has 1 atom stereocenters. The lowest BCUT2D eigenvalue weighted by atomic mass is 10.2. The van der Waals surface area contributed by atoms with Gasteiger partial charge in [0.05, 0.1) is 6.54 Å². The molecule has 0 radical (unpaired) electrons. The minimum Gasteiger partial charge on any atom is -0.407 e. The summed E-state index contributed by atoms with van der Waals surface area (Å²) >= 11 is 0. The van der Waals surface area contributed by atoms with Crippen molar-refractivity contribution in [2.75, 3.05) is 24.5 Å². The first kappa shape index (κ1) is 11.8. The summed E-state index contributed by atoms with van der Waals surface area (Å²) in [5.74, 6) is 0.530. The van der Waals surface area contributed by atoms with Gasteiger partial charge in [-0.25, -0.2) is 0 Å². The lowest BCUT2D eigenvalue weighted by Gasteiger charge is -2.30. The van der Waals surface area contributed by atoms with Gasteiger partial charge >= 0.3 is 6.01 Å². The van der Waals surface area contributed by atoms with E-state index in [1.807, 2.05) is 18.7 Å². The Morgan fingerprint density at radius 2 is 2.41 bits per heavy atom. The second-order valence-corrected chi connectivity index (χ2v) is 3.92. The number of hydrogen-bond acceptors (Lipinski definition) is 6. The third-order valence-electron chi connectivity index (χ3n) is 2.73. The maximum Gasteiger partial charge on any atom is 0.318 e. The first-order chi connectivity index (χ1) is 8.22. The van der Waals surface area contributed by atoms with E-state index in [4.69, 9.17) is 4.42 Å². The number of anilines is 1. The van der Waals surface area contributed by atoms with Gasteiger partial charge in [-0.1, -0.05) is 12.0 Å². The van der Waals surface area contributed by atoms with Crippen molar-refractivity contribution in [1.29, 1.82) is 0 Å². The molecule has 0 saturated carbocycles. The monoisotopic (exact) mass is 239 g/mol. The number of nitrogens with one attached hydrogen (secondary N) is 2. The lowest BCUT2D eigenvalue weighted by molar-refractivity contribution is -0.123. The summed E-state index contributed by atoms with van der Waals surface area (Å²) in [6, 6.07) is 0.149. The first-order valence-corrected chi connectivity index (χ1v) is 5.79. The van der Waals surface area contributed by atoms with E-state index in [2.05, 4.69) is 20.8 Å². The van der Waals surface area contributed by atoms with Crippen LogP contribution in [0.5, 0.6) is 0 Å². The van der Waals surface area contributed by atoms with Crippen LogP contribution in [0.3, 0.4) is 0 Å². The van der Waals surface area contributed by atoms with Crippen LogP contribution in [0.15, 0.2) is 4.42 Å². The molecule has 7 nitrogen and oxygen atoms in total. The van der Waals surface area contributed by atoms with E-state index in [1.165, 1.54) is 0 Å². The zero-order valence-corrected chi connectivity index (χ0v) is 10.1. The van der Waals surface area contributed by atoms with Crippen LogP contribution in [-0.2, 0) is 11.3 Å². The summed E-state index contributed by atoms with van der Waals surface area (Å²) in [4.78, 5) is 13.3. The number of hydrogen-bond donors (Lipinski definition) is 2. The molecule has 1 fully saturated rings. The Hall–Kier alpha value is -1.63. The summed E-state index contributed by atoms with van der Waals surface area (Å²) in [5, 5.41) is 13.8. The molecule has 0 aromatic carbocycles. The first-order valence-electron chi connectivity index (χ1n) is 5.79. The molecular formula is C10H17N5O2. The Labute approximate surface area is 99.6 Å². The van der Waals surface area contributed by atoms with Gasteiger partial charge in [0.15, 0.2) is 0 Å². The maximum absolute atomic E-state index is 11.5. The van der Waals surface area contributed by atoms with Crippen molar-refractivity contribution in [3.05, 3.63) is 5.89 Å². The van der Waals surface area contributed by atoms with E-state index in [0.29, 0.717) is 31.5 Å². The summed E-state index contributed by atoms with van der Waals surface area (Å²) in [6.45, 7) is 6.53. The van der Waals surface area contributed by atoms with Crippen molar-refractivity contribution in [2.24, 2.45) is 0 Å². The summed E-state index contributed by atoms with van der Waals surface area (Å²) in [5.41, 5.74) is 0. The Morgan fingerprint density at radius 3 is 3.18 bits per heavy atom. The van der Waals surface area contributed by atoms with E-state index < -0.39 is 0 Å². The van der Waals surface area contributed by atoms with Gasteiger partial charge < -0.3 is 20.0 Å². The predicted molar refractivity (Wildman–Crippen MR) is 61.5 cm³/mol. The fourth-order valence-electron chi connectivity index (χ4n) is 1.71. The van der Waals surface area contributed by atoms with Crippen LogP contribution in [0.2, 0.25) is 0 Å². The number of carbonyl (C=O) groups excluding carboxylic acids is 1. The zero-order valence-electron chi connectivity index (χ0n) is 10.1. The molecule has 0 bridgehead atoms. The Morgan fingerprint density at radius 1 is 1.59 bits per heavy atom. The minimum absolute atomic E-state index is 0.0114. The van der Waals surface area contributed by atoms with E-state index in [0.717, 1.165) is 6.54 Å². The molecule has 94 valence electrons. The average molecular weight is 239 g/mol. The van der Waals surface area contributed by atoms with Crippen LogP contribution in [-0.4, -0.2) is 41.8 Å². The highest BCUT2D eigenvalue weighted by atomic mass is 16.4. The smallest absolute Gasteiger partial charge is 0.318 e. The lowest BCUT2D eigenvalue weighted by Crippen LogP contribution is -2.54. The van der Waals surface area contributed by atoms with Gasteiger partial charge in [0, 0.05) is 13.1 Å². The molecule has 0 spiro atoms. The van der Waals surface area contributed by atoms with Gasteiger partial charge in [-0.2, -0.15) is 0 Å². The predicted octanol–water partition coefficient (Wildman–Crippen LogP) is -0.496. The molecule has 1 aromatic rings. The molecule has 1 unspecified atom stereocenters. The van der Waals surface area contributed by atoms with E-state index in [-0.39, 0.29) is 11.9 Å². The molecule has 1 amide bonds. The van der Waals surface area contributed by atoms with Crippen molar-refractivity contribution in [1.82, 2.24) is 20.8 Å². The molecule has 1 aliphatic rings. The molecule has 17 heavy (non-hydrogen) atoms. The minimum atomic E-state index is -0.267. The van der Waals surface area contributed by atoms with Crippen LogP contribution >= 0.6 is 0 Å². The fraction of sp³-hybridized carbons (Fsp3) is 0.700. The second-order valence-electron chi connectivity index (χ2n) is 3.92. The number of rotatable bonds is 4. The highest BCUT2D eigenvalue weighted by Crippen LogP contribution is 2.16. The highest BCUT2D eigenvalue weighted by molar-refractivity contribution is 5.85. The van der Waals surface area contributed by atoms with Crippen molar-refractivity contribution < 1.29 is 9.21 Å². The number of amides is 1. The number of carbonyl (C=O) groups is 1. The topological polar surface area (TPSA) is 83.3 Å². The molecule has 1 saturated heterocycles. The number of piperazine rings is 1. The zero-order chi connectivity index (χ0) is 12.3. The van der Waals surface area contributed by atoms with Crippen molar-refractivity contribution in [3.63, 3.8) is 0 Å². The molecule has 2 heterocycles. The molecular weight excluding hydrogens is 222 g/mol. The number of nitrogens with zero attached hydrogens (tertiary/aromatic N) is 3. The average Bonchev–Trinajstić information content (AvgIpc) is 2.78. The summed E-state index contributed by atoms with van der Waals surface area (Å²) in [7, 11) is 0. The van der Waals surface area contributed by atoms with Crippen molar-refractivity contribution in [2.45, 2.75) is 26.4 Å².